The smallest absolute Gasteiger partial charge is 0.141 e. The van der Waals surface area contributed by atoms with Crippen molar-refractivity contribution in [1.82, 2.24) is 15.0 Å². The molecule has 0 aliphatic carbocycles. The lowest BCUT2D eigenvalue weighted by Gasteiger charge is -2.11. The number of nitrogens with two attached hydrogens (primary N) is 1. The van der Waals surface area contributed by atoms with Crippen LogP contribution in [-0.4, -0.2) is 34.3 Å². The topological polar surface area (TPSA) is 107 Å². The van der Waals surface area contributed by atoms with E-state index in [-0.39, 0.29) is 6.10 Å². The SMILES string of the molecule is N#Cc1c(N)cc(-c2nccs2)nc1-c1cccc(CO[C@H]2CCOC2)n1. The first-order valence-corrected chi connectivity index (χ1v) is 9.38. The third-order valence-corrected chi connectivity index (χ3v) is 5.01. The number of rotatable bonds is 5. The van der Waals surface area contributed by atoms with E-state index in [1.807, 2.05) is 23.6 Å². The van der Waals surface area contributed by atoms with Crippen LogP contribution >= 0.6 is 11.3 Å². The van der Waals surface area contributed by atoms with Crippen molar-refractivity contribution in [2.45, 2.75) is 19.1 Å². The van der Waals surface area contributed by atoms with E-state index in [4.69, 9.17) is 15.2 Å². The molecule has 7 nitrogen and oxygen atoms in total. The van der Waals surface area contributed by atoms with Gasteiger partial charge < -0.3 is 15.2 Å². The summed E-state index contributed by atoms with van der Waals surface area (Å²) >= 11 is 1.46. The molecule has 8 heteroatoms. The highest BCUT2D eigenvalue weighted by atomic mass is 32.1. The van der Waals surface area contributed by atoms with Crippen molar-refractivity contribution in [2.75, 3.05) is 18.9 Å². The molecule has 0 aromatic carbocycles. The van der Waals surface area contributed by atoms with Gasteiger partial charge in [-0.2, -0.15) is 5.26 Å². The van der Waals surface area contributed by atoms with E-state index in [0.29, 0.717) is 41.5 Å². The monoisotopic (exact) mass is 379 g/mol. The second-order valence-electron chi connectivity index (χ2n) is 6.08. The molecule has 3 aromatic rings. The second kappa shape index (κ2) is 7.80. The van der Waals surface area contributed by atoms with Crippen LogP contribution in [0.2, 0.25) is 0 Å². The molecule has 1 fully saturated rings. The summed E-state index contributed by atoms with van der Waals surface area (Å²) in [5.41, 5.74) is 9.21. The number of ether oxygens (including phenoxy) is 2. The summed E-state index contributed by atoms with van der Waals surface area (Å²) in [6.07, 6.45) is 2.71. The standard InChI is InChI=1S/C19H17N5O2S/c20-9-14-15(21)8-17(19-22-5-7-27-19)24-18(14)16-3-1-2-12(23-16)10-26-13-4-6-25-11-13/h1-3,5,7-8,13H,4,6,10-11H2,(H2,21,24)/t13-/m0/s1. The average molecular weight is 379 g/mol. The van der Waals surface area contributed by atoms with Crippen LogP contribution in [0.5, 0.6) is 0 Å². The lowest BCUT2D eigenvalue weighted by Crippen LogP contribution is -2.12. The molecule has 1 atom stereocenters. The van der Waals surface area contributed by atoms with Gasteiger partial charge in [-0.1, -0.05) is 6.07 Å². The molecule has 1 aliphatic rings. The maximum atomic E-state index is 9.55. The Balaban J connectivity index is 1.67. The number of hydrogen-bond acceptors (Lipinski definition) is 8. The van der Waals surface area contributed by atoms with E-state index in [2.05, 4.69) is 21.0 Å². The summed E-state index contributed by atoms with van der Waals surface area (Å²) in [6.45, 7) is 1.73. The lowest BCUT2D eigenvalue weighted by molar-refractivity contribution is 0.0302. The third kappa shape index (κ3) is 3.80. The molecule has 4 heterocycles. The van der Waals surface area contributed by atoms with Crippen molar-refractivity contribution in [2.24, 2.45) is 0 Å². The van der Waals surface area contributed by atoms with Crippen LogP contribution in [0.15, 0.2) is 35.8 Å². The van der Waals surface area contributed by atoms with Gasteiger partial charge in [0, 0.05) is 18.2 Å². The van der Waals surface area contributed by atoms with Gasteiger partial charge >= 0.3 is 0 Å². The molecule has 0 saturated carbocycles. The van der Waals surface area contributed by atoms with Gasteiger partial charge in [-0.15, -0.1) is 11.3 Å². The fourth-order valence-corrected chi connectivity index (χ4v) is 3.46. The summed E-state index contributed by atoms with van der Waals surface area (Å²) < 4.78 is 11.2. The molecular formula is C19H17N5O2S. The van der Waals surface area contributed by atoms with Crippen molar-refractivity contribution in [3.8, 4) is 28.2 Å². The Labute approximate surface area is 160 Å². The summed E-state index contributed by atoms with van der Waals surface area (Å²) in [5.74, 6) is 0. The number of nitrogens with zero attached hydrogens (tertiary/aromatic N) is 4. The lowest BCUT2D eigenvalue weighted by atomic mass is 10.1. The summed E-state index contributed by atoms with van der Waals surface area (Å²) in [5, 5.41) is 12.2. The number of hydrogen-bond donors (Lipinski definition) is 1. The molecule has 0 radical (unpaired) electrons. The van der Waals surface area contributed by atoms with Gasteiger partial charge in [0.25, 0.3) is 0 Å². The molecule has 0 unspecified atom stereocenters. The molecular weight excluding hydrogens is 362 g/mol. The van der Waals surface area contributed by atoms with Crippen LogP contribution in [0.1, 0.15) is 17.7 Å². The molecule has 3 aromatic heterocycles. The zero-order chi connectivity index (χ0) is 18.6. The van der Waals surface area contributed by atoms with Gasteiger partial charge in [0.05, 0.1) is 36.4 Å². The minimum Gasteiger partial charge on any atom is -0.398 e. The van der Waals surface area contributed by atoms with Gasteiger partial charge in [-0.05, 0) is 24.6 Å². The van der Waals surface area contributed by atoms with Crippen molar-refractivity contribution in [1.29, 1.82) is 5.26 Å². The molecule has 1 aliphatic heterocycles. The highest BCUT2D eigenvalue weighted by molar-refractivity contribution is 7.13. The molecule has 136 valence electrons. The fourth-order valence-electron chi connectivity index (χ4n) is 2.87. The molecule has 27 heavy (non-hydrogen) atoms. The third-order valence-electron chi connectivity index (χ3n) is 4.22. The largest absolute Gasteiger partial charge is 0.398 e. The molecule has 2 N–H and O–H groups in total. The Morgan fingerprint density at radius 2 is 2.26 bits per heavy atom. The van der Waals surface area contributed by atoms with Crippen LogP contribution < -0.4 is 5.73 Å². The average Bonchev–Trinajstić information content (AvgIpc) is 3.40. The van der Waals surface area contributed by atoms with E-state index in [1.165, 1.54) is 11.3 Å². The quantitative estimate of drug-likeness (QED) is 0.726. The maximum absolute atomic E-state index is 9.55. The minimum atomic E-state index is 0.104. The van der Waals surface area contributed by atoms with Crippen molar-refractivity contribution in [3.63, 3.8) is 0 Å². The van der Waals surface area contributed by atoms with E-state index >= 15 is 0 Å². The van der Waals surface area contributed by atoms with Crippen LogP contribution in [0, 0.1) is 11.3 Å². The molecule has 0 amide bonds. The van der Waals surface area contributed by atoms with Gasteiger partial charge in [0.2, 0.25) is 0 Å². The summed E-state index contributed by atoms with van der Waals surface area (Å²) in [4.78, 5) is 13.5. The first-order valence-electron chi connectivity index (χ1n) is 8.50. The van der Waals surface area contributed by atoms with Crippen LogP contribution in [0.4, 0.5) is 5.69 Å². The maximum Gasteiger partial charge on any atom is 0.141 e. The Bertz CT molecular complexity index is 978. The Hall–Kier alpha value is -2.86. The Morgan fingerprint density at radius 3 is 3.00 bits per heavy atom. The molecule has 1 saturated heterocycles. The van der Waals surface area contributed by atoms with Gasteiger partial charge in [-0.3, -0.25) is 0 Å². The van der Waals surface area contributed by atoms with Crippen LogP contribution in [0.25, 0.3) is 22.1 Å². The highest BCUT2D eigenvalue weighted by Gasteiger charge is 2.18. The predicted octanol–water partition coefficient (Wildman–Crippen LogP) is 3.03. The predicted molar refractivity (Wildman–Crippen MR) is 102 cm³/mol. The molecule has 0 bridgehead atoms. The Morgan fingerprint density at radius 1 is 1.33 bits per heavy atom. The van der Waals surface area contributed by atoms with E-state index in [9.17, 15) is 5.26 Å². The molecule has 0 spiro atoms. The Kier molecular flexibility index (Phi) is 5.07. The second-order valence-corrected chi connectivity index (χ2v) is 6.97. The van der Waals surface area contributed by atoms with Gasteiger partial charge in [0.15, 0.2) is 0 Å². The fraction of sp³-hybridized carbons (Fsp3) is 0.263. The van der Waals surface area contributed by atoms with Crippen molar-refractivity contribution in [3.05, 3.63) is 47.1 Å². The first kappa shape index (κ1) is 17.5. The zero-order valence-electron chi connectivity index (χ0n) is 14.5. The number of nitrogen functional groups attached to an aromatic ring is 1. The summed E-state index contributed by atoms with van der Waals surface area (Å²) in [6, 6.07) is 9.39. The van der Waals surface area contributed by atoms with Crippen molar-refractivity contribution < 1.29 is 9.47 Å². The number of thiazole rings is 1. The van der Waals surface area contributed by atoms with Gasteiger partial charge in [0.1, 0.15) is 28.0 Å². The van der Waals surface area contributed by atoms with E-state index in [1.54, 1.807) is 12.3 Å². The summed E-state index contributed by atoms with van der Waals surface area (Å²) in [7, 11) is 0. The van der Waals surface area contributed by atoms with Gasteiger partial charge in [-0.25, -0.2) is 15.0 Å². The van der Waals surface area contributed by atoms with Crippen molar-refractivity contribution >= 4 is 17.0 Å². The number of anilines is 1. The normalized spacial score (nSPS) is 16.3. The van der Waals surface area contributed by atoms with Crippen LogP contribution in [0.3, 0.4) is 0 Å². The zero-order valence-corrected chi connectivity index (χ0v) is 15.3. The number of nitriles is 1. The number of pyridine rings is 2. The minimum absolute atomic E-state index is 0.104. The first-order chi connectivity index (χ1) is 13.2. The van der Waals surface area contributed by atoms with E-state index < -0.39 is 0 Å². The van der Waals surface area contributed by atoms with Crippen LogP contribution in [-0.2, 0) is 16.1 Å². The van der Waals surface area contributed by atoms with E-state index in [0.717, 1.165) is 23.7 Å². The molecule has 4 rings (SSSR count). The highest BCUT2D eigenvalue weighted by Crippen LogP contribution is 2.30. The number of aromatic nitrogens is 3.